The third-order valence-corrected chi connectivity index (χ3v) is 2.70. The second-order valence-corrected chi connectivity index (χ2v) is 4.33. The van der Waals surface area contributed by atoms with Crippen LogP contribution in [-0.2, 0) is 0 Å². The SMILES string of the molecule is CC(CN)Nc1cc(Cl)ccc1-n1cccn1. The van der Waals surface area contributed by atoms with Crippen LogP contribution < -0.4 is 11.1 Å². The lowest BCUT2D eigenvalue weighted by Gasteiger charge is -2.16. The molecule has 1 heterocycles. The molecule has 2 aromatic rings. The molecule has 0 spiro atoms. The maximum Gasteiger partial charge on any atom is 0.0877 e. The van der Waals surface area contributed by atoms with Crippen molar-refractivity contribution in [1.82, 2.24) is 9.78 Å². The van der Waals surface area contributed by atoms with Crippen LogP contribution in [0.5, 0.6) is 0 Å². The highest BCUT2D eigenvalue weighted by Gasteiger charge is 2.08. The Morgan fingerprint density at radius 3 is 3.00 bits per heavy atom. The molecule has 3 N–H and O–H groups in total. The minimum Gasteiger partial charge on any atom is -0.380 e. The molecular formula is C12H15ClN4. The fraction of sp³-hybridized carbons (Fsp3) is 0.250. The van der Waals surface area contributed by atoms with Crippen LogP contribution in [0.25, 0.3) is 5.69 Å². The first-order valence-electron chi connectivity index (χ1n) is 5.47. The minimum absolute atomic E-state index is 0.183. The van der Waals surface area contributed by atoms with Crippen molar-refractivity contribution in [1.29, 1.82) is 0 Å². The van der Waals surface area contributed by atoms with Gasteiger partial charge in [0, 0.05) is 30.0 Å². The van der Waals surface area contributed by atoms with Crippen molar-refractivity contribution in [2.75, 3.05) is 11.9 Å². The Bertz CT molecular complexity index is 481. The van der Waals surface area contributed by atoms with Gasteiger partial charge in [-0.3, -0.25) is 0 Å². The Labute approximate surface area is 105 Å². The first-order valence-corrected chi connectivity index (χ1v) is 5.84. The van der Waals surface area contributed by atoms with Crippen LogP contribution in [0, 0.1) is 0 Å². The van der Waals surface area contributed by atoms with Gasteiger partial charge in [-0.05, 0) is 31.2 Å². The number of benzene rings is 1. The summed E-state index contributed by atoms with van der Waals surface area (Å²) in [5, 5.41) is 8.22. The van der Waals surface area contributed by atoms with Crippen molar-refractivity contribution in [3.63, 3.8) is 0 Å². The molecule has 0 aliphatic rings. The lowest BCUT2D eigenvalue weighted by molar-refractivity contribution is 0.797. The minimum atomic E-state index is 0.183. The first kappa shape index (κ1) is 12.0. The smallest absolute Gasteiger partial charge is 0.0877 e. The van der Waals surface area contributed by atoms with Crippen molar-refractivity contribution in [2.45, 2.75) is 13.0 Å². The molecule has 1 aromatic heterocycles. The number of aromatic nitrogens is 2. The van der Waals surface area contributed by atoms with Crippen LogP contribution in [-0.4, -0.2) is 22.4 Å². The quantitative estimate of drug-likeness (QED) is 0.875. The van der Waals surface area contributed by atoms with Crippen molar-refractivity contribution in [3.8, 4) is 5.69 Å². The highest BCUT2D eigenvalue weighted by atomic mass is 35.5. The summed E-state index contributed by atoms with van der Waals surface area (Å²) in [6, 6.07) is 7.72. The van der Waals surface area contributed by atoms with Gasteiger partial charge in [0.1, 0.15) is 0 Å². The maximum atomic E-state index is 6.00. The summed E-state index contributed by atoms with van der Waals surface area (Å²) in [6.07, 6.45) is 3.63. The fourth-order valence-electron chi connectivity index (χ4n) is 1.56. The Morgan fingerprint density at radius 1 is 1.53 bits per heavy atom. The zero-order valence-corrected chi connectivity index (χ0v) is 10.4. The summed E-state index contributed by atoms with van der Waals surface area (Å²) in [7, 11) is 0. The largest absolute Gasteiger partial charge is 0.380 e. The van der Waals surface area contributed by atoms with Gasteiger partial charge in [-0.2, -0.15) is 5.10 Å². The van der Waals surface area contributed by atoms with Crippen molar-refractivity contribution in [2.24, 2.45) is 5.73 Å². The Morgan fingerprint density at radius 2 is 2.35 bits per heavy atom. The van der Waals surface area contributed by atoms with E-state index in [1.54, 1.807) is 10.9 Å². The highest BCUT2D eigenvalue weighted by Crippen LogP contribution is 2.24. The third kappa shape index (κ3) is 2.78. The summed E-state index contributed by atoms with van der Waals surface area (Å²) in [5.74, 6) is 0. The molecule has 1 unspecified atom stereocenters. The molecule has 0 fully saturated rings. The van der Waals surface area contributed by atoms with E-state index in [-0.39, 0.29) is 6.04 Å². The summed E-state index contributed by atoms with van der Waals surface area (Å²) in [4.78, 5) is 0. The second kappa shape index (κ2) is 5.21. The number of nitrogens with one attached hydrogen (secondary N) is 1. The van der Waals surface area contributed by atoms with Crippen molar-refractivity contribution in [3.05, 3.63) is 41.7 Å². The van der Waals surface area contributed by atoms with E-state index in [0.29, 0.717) is 11.6 Å². The zero-order chi connectivity index (χ0) is 12.3. The molecule has 0 radical (unpaired) electrons. The highest BCUT2D eigenvalue weighted by molar-refractivity contribution is 6.31. The molecule has 0 saturated heterocycles. The van der Waals surface area contributed by atoms with Crippen LogP contribution in [0.4, 0.5) is 5.69 Å². The number of anilines is 1. The number of halogens is 1. The molecule has 0 amide bonds. The summed E-state index contributed by atoms with van der Waals surface area (Å²) >= 11 is 6.00. The van der Waals surface area contributed by atoms with Crippen LogP contribution in [0.1, 0.15) is 6.92 Å². The van der Waals surface area contributed by atoms with Gasteiger partial charge < -0.3 is 11.1 Å². The van der Waals surface area contributed by atoms with E-state index < -0.39 is 0 Å². The molecule has 0 bridgehead atoms. The third-order valence-electron chi connectivity index (χ3n) is 2.47. The Balaban J connectivity index is 2.38. The standard InChI is InChI=1S/C12H15ClN4/c1-9(8-14)16-11-7-10(13)3-4-12(11)17-6-2-5-15-17/h2-7,9,16H,8,14H2,1H3. The number of hydrogen-bond acceptors (Lipinski definition) is 3. The average Bonchev–Trinajstić information content (AvgIpc) is 2.82. The van der Waals surface area contributed by atoms with E-state index in [1.165, 1.54) is 0 Å². The fourth-order valence-corrected chi connectivity index (χ4v) is 1.73. The normalized spacial score (nSPS) is 12.4. The van der Waals surface area contributed by atoms with E-state index in [9.17, 15) is 0 Å². The molecule has 0 aliphatic heterocycles. The number of nitrogens with zero attached hydrogens (tertiary/aromatic N) is 2. The molecule has 0 saturated carbocycles. The predicted molar refractivity (Wildman–Crippen MR) is 70.7 cm³/mol. The maximum absolute atomic E-state index is 6.00. The molecule has 0 aliphatic carbocycles. The van der Waals surface area contributed by atoms with E-state index in [4.69, 9.17) is 17.3 Å². The summed E-state index contributed by atoms with van der Waals surface area (Å²) in [6.45, 7) is 2.58. The molecule has 1 atom stereocenters. The van der Waals surface area contributed by atoms with Gasteiger partial charge in [-0.15, -0.1) is 0 Å². The topological polar surface area (TPSA) is 55.9 Å². The number of rotatable bonds is 4. The van der Waals surface area contributed by atoms with Crippen LogP contribution in [0.15, 0.2) is 36.7 Å². The van der Waals surface area contributed by atoms with E-state index in [0.717, 1.165) is 11.4 Å². The summed E-state index contributed by atoms with van der Waals surface area (Å²) in [5.41, 5.74) is 7.50. The van der Waals surface area contributed by atoms with E-state index in [1.807, 2.05) is 37.4 Å². The monoisotopic (exact) mass is 250 g/mol. The van der Waals surface area contributed by atoms with Crippen molar-refractivity contribution < 1.29 is 0 Å². The number of hydrogen-bond donors (Lipinski definition) is 2. The molecule has 90 valence electrons. The van der Waals surface area contributed by atoms with E-state index >= 15 is 0 Å². The lowest BCUT2D eigenvalue weighted by atomic mass is 10.2. The van der Waals surface area contributed by atoms with Gasteiger partial charge in [-0.25, -0.2) is 4.68 Å². The van der Waals surface area contributed by atoms with Crippen LogP contribution in [0.3, 0.4) is 0 Å². The average molecular weight is 251 g/mol. The van der Waals surface area contributed by atoms with Gasteiger partial charge in [0.25, 0.3) is 0 Å². The lowest BCUT2D eigenvalue weighted by Crippen LogP contribution is -2.25. The van der Waals surface area contributed by atoms with Gasteiger partial charge in [0.2, 0.25) is 0 Å². The zero-order valence-electron chi connectivity index (χ0n) is 9.60. The van der Waals surface area contributed by atoms with Gasteiger partial charge in [0.15, 0.2) is 0 Å². The van der Waals surface area contributed by atoms with Gasteiger partial charge >= 0.3 is 0 Å². The molecule has 4 nitrogen and oxygen atoms in total. The van der Waals surface area contributed by atoms with E-state index in [2.05, 4.69) is 10.4 Å². The van der Waals surface area contributed by atoms with Gasteiger partial charge in [0.05, 0.1) is 11.4 Å². The molecule has 2 rings (SSSR count). The van der Waals surface area contributed by atoms with Crippen LogP contribution >= 0.6 is 11.6 Å². The Kier molecular flexibility index (Phi) is 3.66. The molecule has 5 heteroatoms. The predicted octanol–water partition coefficient (Wildman–Crippen LogP) is 2.28. The molecule has 17 heavy (non-hydrogen) atoms. The summed E-state index contributed by atoms with van der Waals surface area (Å²) < 4.78 is 1.79. The van der Waals surface area contributed by atoms with Crippen molar-refractivity contribution >= 4 is 17.3 Å². The van der Waals surface area contributed by atoms with Crippen LogP contribution in [0.2, 0.25) is 5.02 Å². The number of nitrogens with two attached hydrogens (primary N) is 1. The Hall–Kier alpha value is -1.52. The molecule has 1 aromatic carbocycles. The first-order chi connectivity index (χ1) is 8.20. The molecular weight excluding hydrogens is 236 g/mol. The second-order valence-electron chi connectivity index (χ2n) is 3.89. The van der Waals surface area contributed by atoms with Gasteiger partial charge in [-0.1, -0.05) is 11.6 Å².